The fourth-order valence-electron chi connectivity index (χ4n) is 2.70. The molecule has 1 atom stereocenters. The van der Waals surface area contributed by atoms with Crippen molar-refractivity contribution >= 4 is 28.4 Å². The van der Waals surface area contributed by atoms with Gasteiger partial charge >= 0.3 is 0 Å². The van der Waals surface area contributed by atoms with E-state index in [2.05, 4.69) is 20.8 Å². The number of anilines is 1. The third-order valence-corrected chi connectivity index (χ3v) is 4.13. The number of H-pyrrole nitrogens is 1. The Bertz CT molecular complexity index is 980. The van der Waals surface area contributed by atoms with Crippen LogP contribution in [0.25, 0.3) is 10.9 Å². The lowest BCUT2D eigenvalue weighted by molar-refractivity contribution is -0.118. The Hall–Kier alpha value is -3.29. The van der Waals surface area contributed by atoms with Gasteiger partial charge in [0.25, 0.3) is 5.91 Å². The van der Waals surface area contributed by atoms with E-state index in [1.54, 1.807) is 38.2 Å². The number of aromatic nitrogens is 2. The molecule has 1 aromatic heterocycles. The number of nitrogens with zero attached hydrogens (tertiary/aromatic N) is 1. The van der Waals surface area contributed by atoms with Crippen LogP contribution in [0.1, 0.15) is 24.2 Å². The fourth-order valence-corrected chi connectivity index (χ4v) is 2.70. The molecule has 0 saturated carbocycles. The third-order valence-electron chi connectivity index (χ3n) is 4.13. The summed E-state index contributed by atoms with van der Waals surface area (Å²) in [4.78, 5) is 24.9. The Morgan fingerprint density at radius 2 is 1.81 bits per heavy atom. The van der Waals surface area contributed by atoms with E-state index in [0.29, 0.717) is 5.69 Å². The van der Waals surface area contributed by atoms with E-state index in [9.17, 15) is 18.4 Å². The second-order valence-corrected chi connectivity index (χ2v) is 6.45. The number of carbonyl (C=O) groups excluding carboxylic acids is 2. The number of amides is 2. The lowest BCUT2D eigenvalue weighted by Crippen LogP contribution is -2.47. The first-order valence-corrected chi connectivity index (χ1v) is 8.35. The maximum atomic E-state index is 13.8. The first kappa shape index (κ1) is 18.5. The standard InChI is InChI=1S/C19H18F2N4O2/c1-10(2)17(24-18(26)16-13(20)4-3-5-14(16)21)19(27)23-12-6-7-15-11(8-12)9-22-25-15/h3-10,17H,1-2H3,(H,22,25)(H,23,27)(H,24,26)/t17-/m0/s1. The number of carbonyl (C=O) groups is 2. The summed E-state index contributed by atoms with van der Waals surface area (Å²) in [6, 6.07) is 7.35. The molecule has 2 aromatic carbocycles. The van der Waals surface area contributed by atoms with Crippen molar-refractivity contribution in [3.8, 4) is 0 Å². The van der Waals surface area contributed by atoms with Gasteiger partial charge in [-0.3, -0.25) is 14.7 Å². The molecule has 0 aliphatic heterocycles. The Morgan fingerprint density at radius 1 is 1.11 bits per heavy atom. The highest BCUT2D eigenvalue weighted by atomic mass is 19.1. The number of aromatic amines is 1. The molecule has 0 bridgehead atoms. The highest BCUT2D eigenvalue weighted by molar-refractivity contribution is 6.02. The Labute approximate surface area is 154 Å². The van der Waals surface area contributed by atoms with Gasteiger partial charge in [0.2, 0.25) is 5.91 Å². The summed E-state index contributed by atoms with van der Waals surface area (Å²) < 4.78 is 27.6. The largest absolute Gasteiger partial charge is 0.340 e. The average Bonchev–Trinajstić information content (AvgIpc) is 3.06. The van der Waals surface area contributed by atoms with Gasteiger partial charge in [-0.25, -0.2) is 8.78 Å². The number of fused-ring (bicyclic) bond motifs is 1. The van der Waals surface area contributed by atoms with E-state index in [1.165, 1.54) is 6.07 Å². The zero-order valence-corrected chi connectivity index (χ0v) is 14.7. The van der Waals surface area contributed by atoms with Crippen molar-refractivity contribution in [3.63, 3.8) is 0 Å². The van der Waals surface area contributed by atoms with Crippen LogP contribution in [0.15, 0.2) is 42.6 Å². The van der Waals surface area contributed by atoms with Gasteiger partial charge in [-0.15, -0.1) is 0 Å². The van der Waals surface area contributed by atoms with E-state index in [1.807, 2.05) is 0 Å². The van der Waals surface area contributed by atoms with Crippen LogP contribution in [0.3, 0.4) is 0 Å². The van der Waals surface area contributed by atoms with Crippen molar-refractivity contribution < 1.29 is 18.4 Å². The molecule has 0 aliphatic carbocycles. The summed E-state index contributed by atoms with van der Waals surface area (Å²) in [5.74, 6) is -3.74. The molecule has 0 saturated heterocycles. The van der Waals surface area contributed by atoms with Gasteiger partial charge in [0.15, 0.2) is 0 Å². The maximum Gasteiger partial charge on any atom is 0.257 e. The average molecular weight is 372 g/mol. The third kappa shape index (κ3) is 3.94. The van der Waals surface area contributed by atoms with Crippen LogP contribution in [0.2, 0.25) is 0 Å². The molecule has 0 radical (unpaired) electrons. The predicted octanol–water partition coefficient (Wildman–Crippen LogP) is 3.23. The quantitative estimate of drug-likeness (QED) is 0.643. The molecule has 3 rings (SSSR count). The molecule has 2 amide bonds. The van der Waals surface area contributed by atoms with Crippen LogP contribution in [0, 0.1) is 17.6 Å². The minimum Gasteiger partial charge on any atom is -0.340 e. The second-order valence-electron chi connectivity index (χ2n) is 6.45. The molecule has 140 valence electrons. The van der Waals surface area contributed by atoms with Crippen molar-refractivity contribution in [2.75, 3.05) is 5.32 Å². The van der Waals surface area contributed by atoms with Crippen LogP contribution < -0.4 is 10.6 Å². The van der Waals surface area contributed by atoms with E-state index < -0.39 is 35.1 Å². The number of hydrogen-bond donors (Lipinski definition) is 3. The normalized spacial score (nSPS) is 12.2. The molecule has 3 aromatic rings. The topological polar surface area (TPSA) is 86.9 Å². The minimum absolute atomic E-state index is 0.304. The molecule has 8 heteroatoms. The van der Waals surface area contributed by atoms with E-state index in [-0.39, 0.29) is 5.92 Å². The lowest BCUT2D eigenvalue weighted by atomic mass is 10.0. The van der Waals surface area contributed by atoms with E-state index in [0.717, 1.165) is 23.0 Å². The first-order valence-electron chi connectivity index (χ1n) is 8.35. The van der Waals surface area contributed by atoms with Crippen LogP contribution >= 0.6 is 0 Å². The Morgan fingerprint density at radius 3 is 2.48 bits per heavy atom. The van der Waals surface area contributed by atoms with Gasteiger partial charge in [-0.05, 0) is 36.2 Å². The number of hydrogen-bond acceptors (Lipinski definition) is 3. The second kappa shape index (κ2) is 7.53. The van der Waals surface area contributed by atoms with Gasteiger partial charge in [-0.1, -0.05) is 19.9 Å². The molecule has 0 unspecified atom stereocenters. The molecule has 1 heterocycles. The summed E-state index contributed by atoms with van der Waals surface area (Å²) in [6.07, 6.45) is 1.62. The van der Waals surface area contributed by atoms with Gasteiger partial charge in [-0.2, -0.15) is 5.10 Å². The SMILES string of the molecule is CC(C)[C@H](NC(=O)c1c(F)cccc1F)C(=O)Nc1ccc2[nH]ncc2c1. The summed E-state index contributed by atoms with van der Waals surface area (Å²) in [5.41, 5.74) is 0.623. The summed E-state index contributed by atoms with van der Waals surface area (Å²) >= 11 is 0. The molecule has 27 heavy (non-hydrogen) atoms. The van der Waals surface area contributed by atoms with Crippen LogP contribution in [0.5, 0.6) is 0 Å². The molecule has 3 N–H and O–H groups in total. The highest BCUT2D eigenvalue weighted by Crippen LogP contribution is 2.18. The van der Waals surface area contributed by atoms with Gasteiger partial charge in [0, 0.05) is 11.1 Å². The van der Waals surface area contributed by atoms with Gasteiger partial charge < -0.3 is 10.6 Å². The predicted molar refractivity (Wildman–Crippen MR) is 97.2 cm³/mol. The fraction of sp³-hybridized carbons (Fsp3) is 0.211. The lowest BCUT2D eigenvalue weighted by Gasteiger charge is -2.22. The summed E-state index contributed by atoms with van der Waals surface area (Å²) in [5, 5.41) is 12.7. The van der Waals surface area contributed by atoms with Crippen LogP contribution in [0.4, 0.5) is 14.5 Å². The van der Waals surface area contributed by atoms with Gasteiger partial charge in [0.05, 0.1) is 11.7 Å². The van der Waals surface area contributed by atoms with Crippen molar-refractivity contribution in [1.29, 1.82) is 0 Å². The summed E-state index contributed by atoms with van der Waals surface area (Å²) in [7, 11) is 0. The van der Waals surface area contributed by atoms with Crippen molar-refractivity contribution in [1.82, 2.24) is 15.5 Å². The number of halogens is 2. The Balaban J connectivity index is 1.78. The molecule has 0 fully saturated rings. The highest BCUT2D eigenvalue weighted by Gasteiger charge is 2.27. The number of rotatable bonds is 5. The Kier molecular flexibility index (Phi) is 5.16. The van der Waals surface area contributed by atoms with Gasteiger partial charge in [0.1, 0.15) is 23.2 Å². The van der Waals surface area contributed by atoms with Crippen LogP contribution in [-0.4, -0.2) is 28.1 Å². The number of benzene rings is 2. The zero-order chi connectivity index (χ0) is 19.6. The van der Waals surface area contributed by atoms with Crippen LogP contribution in [-0.2, 0) is 4.79 Å². The van der Waals surface area contributed by atoms with E-state index in [4.69, 9.17) is 0 Å². The van der Waals surface area contributed by atoms with Crippen molar-refractivity contribution in [2.45, 2.75) is 19.9 Å². The maximum absolute atomic E-state index is 13.8. The molecule has 0 aliphatic rings. The monoisotopic (exact) mass is 372 g/mol. The first-order chi connectivity index (χ1) is 12.9. The minimum atomic E-state index is -0.985. The molecular formula is C19H18F2N4O2. The smallest absolute Gasteiger partial charge is 0.257 e. The van der Waals surface area contributed by atoms with Crippen molar-refractivity contribution in [2.24, 2.45) is 5.92 Å². The van der Waals surface area contributed by atoms with Crippen molar-refractivity contribution in [3.05, 3.63) is 59.8 Å². The molecule has 6 nitrogen and oxygen atoms in total. The van der Waals surface area contributed by atoms with E-state index >= 15 is 0 Å². The summed E-state index contributed by atoms with van der Waals surface area (Å²) in [6.45, 7) is 3.45. The molecular weight excluding hydrogens is 354 g/mol. The number of nitrogens with one attached hydrogen (secondary N) is 3. The molecule has 0 spiro atoms. The zero-order valence-electron chi connectivity index (χ0n) is 14.7.